The Morgan fingerprint density at radius 2 is 2.28 bits per heavy atom. The molecule has 0 bridgehead atoms. The topological polar surface area (TPSA) is 41.5 Å². The first-order valence-electron chi connectivity index (χ1n) is 4.99. The SMILES string of the molecule is O=C(NN=Cc1ccc(F)cc1Cl)c1cccs1. The van der Waals surface area contributed by atoms with E-state index in [-0.39, 0.29) is 10.9 Å². The van der Waals surface area contributed by atoms with Gasteiger partial charge >= 0.3 is 0 Å². The summed E-state index contributed by atoms with van der Waals surface area (Å²) in [7, 11) is 0. The summed E-state index contributed by atoms with van der Waals surface area (Å²) in [5.41, 5.74) is 2.90. The second-order valence-corrected chi connectivity index (χ2v) is 4.70. The molecule has 1 aromatic carbocycles. The van der Waals surface area contributed by atoms with Crippen LogP contribution in [0.1, 0.15) is 15.2 Å². The Balaban J connectivity index is 2.01. The van der Waals surface area contributed by atoms with Crippen molar-refractivity contribution in [1.82, 2.24) is 5.43 Å². The standard InChI is InChI=1S/C12H8ClFN2OS/c13-10-6-9(14)4-3-8(10)7-15-16-12(17)11-2-1-5-18-11/h1-7H,(H,16,17). The van der Waals surface area contributed by atoms with Crippen molar-refractivity contribution in [2.75, 3.05) is 0 Å². The van der Waals surface area contributed by atoms with Gasteiger partial charge < -0.3 is 0 Å². The number of thiophene rings is 1. The van der Waals surface area contributed by atoms with Crippen molar-refractivity contribution in [3.05, 3.63) is 57.0 Å². The molecule has 1 amide bonds. The van der Waals surface area contributed by atoms with Crippen LogP contribution >= 0.6 is 22.9 Å². The van der Waals surface area contributed by atoms with E-state index in [1.807, 2.05) is 0 Å². The number of hydrogen-bond donors (Lipinski definition) is 1. The minimum absolute atomic E-state index is 0.240. The first-order valence-corrected chi connectivity index (χ1v) is 6.24. The Bertz CT molecular complexity index is 584. The van der Waals surface area contributed by atoms with E-state index >= 15 is 0 Å². The van der Waals surface area contributed by atoms with E-state index in [1.165, 1.54) is 35.8 Å². The summed E-state index contributed by atoms with van der Waals surface area (Å²) in [6.07, 6.45) is 1.37. The number of rotatable bonds is 3. The summed E-state index contributed by atoms with van der Waals surface area (Å²) in [6.45, 7) is 0. The highest BCUT2D eigenvalue weighted by Gasteiger charge is 2.04. The monoisotopic (exact) mass is 282 g/mol. The fourth-order valence-electron chi connectivity index (χ4n) is 1.23. The first-order chi connectivity index (χ1) is 8.66. The number of nitrogens with one attached hydrogen (secondary N) is 1. The molecular formula is C12H8ClFN2OS. The molecule has 92 valence electrons. The molecular weight excluding hydrogens is 275 g/mol. The van der Waals surface area contributed by atoms with Crippen LogP contribution in [0.5, 0.6) is 0 Å². The summed E-state index contributed by atoms with van der Waals surface area (Å²) in [5.74, 6) is -0.709. The molecule has 1 aromatic heterocycles. The third-order valence-electron chi connectivity index (χ3n) is 2.08. The van der Waals surface area contributed by atoms with Crippen molar-refractivity contribution in [2.24, 2.45) is 5.10 Å². The molecule has 1 N–H and O–H groups in total. The van der Waals surface area contributed by atoms with Crippen LogP contribution in [-0.4, -0.2) is 12.1 Å². The smallest absolute Gasteiger partial charge is 0.266 e. The fourth-order valence-corrected chi connectivity index (χ4v) is 2.06. The fraction of sp³-hybridized carbons (Fsp3) is 0. The Labute approximate surface area is 112 Å². The maximum Gasteiger partial charge on any atom is 0.281 e. The van der Waals surface area contributed by atoms with Gasteiger partial charge in [-0.15, -0.1) is 11.3 Å². The van der Waals surface area contributed by atoms with Crippen LogP contribution in [0.2, 0.25) is 5.02 Å². The highest BCUT2D eigenvalue weighted by atomic mass is 35.5. The highest BCUT2D eigenvalue weighted by molar-refractivity contribution is 7.12. The molecule has 3 nitrogen and oxygen atoms in total. The molecule has 0 unspecified atom stereocenters. The number of amides is 1. The first kappa shape index (κ1) is 12.7. The van der Waals surface area contributed by atoms with Gasteiger partial charge in [0, 0.05) is 5.56 Å². The molecule has 0 aliphatic heterocycles. The van der Waals surface area contributed by atoms with E-state index < -0.39 is 5.82 Å². The molecule has 2 aromatic rings. The predicted molar refractivity (Wildman–Crippen MR) is 70.8 cm³/mol. The van der Waals surface area contributed by atoms with Crippen LogP contribution in [0.3, 0.4) is 0 Å². The summed E-state index contributed by atoms with van der Waals surface area (Å²) < 4.78 is 12.8. The average molecular weight is 283 g/mol. The Hall–Kier alpha value is -1.72. The van der Waals surface area contributed by atoms with Gasteiger partial charge in [0.05, 0.1) is 16.1 Å². The quantitative estimate of drug-likeness (QED) is 0.681. The van der Waals surface area contributed by atoms with Crippen molar-refractivity contribution in [3.63, 3.8) is 0 Å². The van der Waals surface area contributed by atoms with Crippen molar-refractivity contribution >= 4 is 35.1 Å². The summed E-state index contributed by atoms with van der Waals surface area (Å²) in [4.78, 5) is 12.1. The van der Waals surface area contributed by atoms with Gasteiger partial charge in [-0.1, -0.05) is 17.7 Å². The van der Waals surface area contributed by atoms with Crippen LogP contribution in [0.15, 0.2) is 40.8 Å². The third kappa shape index (κ3) is 3.15. The molecule has 6 heteroatoms. The Kier molecular flexibility index (Phi) is 4.07. The van der Waals surface area contributed by atoms with Crippen molar-refractivity contribution in [3.8, 4) is 0 Å². The van der Waals surface area contributed by atoms with E-state index in [0.29, 0.717) is 10.4 Å². The molecule has 0 aliphatic rings. The van der Waals surface area contributed by atoms with Gasteiger partial charge in [0.2, 0.25) is 0 Å². The number of benzene rings is 1. The number of hydrazone groups is 1. The molecule has 0 aliphatic carbocycles. The van der Waals surface area contributed by atoms with Crippen LogP contribution in [0.25, 0.3) is 0 Å². The van der Waals surface area contributed by atoms with E-state index in [4.69, 9.17) is 11.6 Å². The second-order valence-electron chi connectivity index (χ2n) is 3.34. The number of nitrogens with zero attached hydrogens (tertiary/aromatic N) is 1. The van der Waals surface area contributed by atoms with Gasteiger partial charge in [0.25, 0.3) is 5.91 Å². The molecule has 2 rings (SSSR count). The lowest BCUT2D eigenvalue weighted by Crippen LogP contribution is -2.16. The molecule has 1 heterocycles. The molecule has 0 fully saturated rings. The molecule has 18 heavy (non-hydrogen) atoms. The normalized spacial score (nSPS) is 10.8. The maximum absolute atomic E-state index is 12.8. The minimum atomic E-state index is -0.417. The van der Waals surface area contributed by atoms with Gasteiger partial charge in [-0.25, -0.2) is 9.82 Å². The summed E-state index contributed by atoms with van der Waals surface area (Å²) in [5, 5.41) is 5.80. The lowest BCUT2D eigenvalue weighted by atomic mass is 10.2. The van der Waals surface area contributed by atoms with E-state index in [2.05, 4.69) is 10.5 Å². The number of carbonyl (C=O) groups is 1. The zero-order valence-corrected chi connectivity index (χ0v) is 10.6. The van der Waals surface area contributed by atoms with Gasteiger partial charge in [-0.05, 0) is 29.6 Å². The number of carbonyl (C=O) groups excluding carboxylic acids is 1. The Morgan fingerprint density at radius 3 is 2.94 bits per heavy atom. The van der Waals surface area contributed by atoms with Crippen LogP contribution in [0, 0.1) is 5.82 Å². The van der Waals surface area contributed by atoms with E-state index in [9.17, 15) is 9.18 Å². The van der Waals surface area contributed by atoms with E-state index in [1.54, 1.807) is 17.5 Å². The molecule has 0 saturated heterocycles. The maximum atomic E-state index is 12.8. The number of hydrogen-bond acceptors (Lipinski definition) is 3. The molecule has 0 saturated carbocycles. The summed E-state index contributed by atoms with van der Waals surface area (Å²) in [6, 6.07) is 7.41. The van der Waals surface area contributed by atoms with Crippen molar-refractivity contribution in [1.29, 1.82) is 0 Å². The van der Waals surface area contributed by atoms with Crippen LogP contribution in [0.4, 0.5) is 4.39 Å². The molecule has 0 spiro atoms. The van der Waals surface area contributed by atoms with Gasteiger partial charge in [-0.2, -0.15) is 5.10 Å². The van der Waals surface area contributed by atoms with Crippen molar-refractivity contribution < 1.29 is 9.18 Å². The predicted octanol–water partition coefficient (Wildman–Crippen LogP) is 3.30. The minimum Gasteiger partial charge on any atom is -0.266 e. The molecule has 0 radical (unpaired) electrons. The van der Waals surface area contributed by atoms with Gasteiger partial charge in [-0.3, -0.25) is 4.79 Å². The zero-order valence-electron chi connectivity index (χ0n) is 9.06. The van der Waals surface area contributed by atoms with Crippen LogP contribution < -0.4 is 5.43 Å². The Morgan fingerprint density at radius 1 is 1.44 bits per heavy atom. The summed E-state index contributed by atoms with van der Waals surface area (Å²) >= 11 is 7.12. The van der Waals surface area contributed by atoms with Gasteiger partial charge in [0.1, 0.15) is 5.82 Å². The highest BCUT2D eigenvalue weighted by Crippen LogP contribution is 2.15. The molecule has 0 atom stereocenters. The van der Waals surface area contributed by atoms with Crippen molar-refractivity contribution in [2.45, 2.75) is 0 Å². The average Bonchev–Trinajstić information content (AvgIpc) is 2.85. The lowest BCUT2D eigenvalue weighted by Gasteiger charge is -1.98. The lowest BCUT2D eigenvalue weighted by molar-refractivity contribution is 0.0959. The van der Waals surface area contributed by atoms with Gasteiger partial charge in [0.15, 0.2) is 0 Å². The third-order valence-corrected chi connectivity index (χ3v) is 3.27. The second kappa shape index (κ2) is 5.75. The zero-order chi connectivity index (χ0) is 13.0. The van der Waals surface area contributed by atoms with E-state index in [0.717, 1.165) is 0 Å². The largest absolute Gasteiger partial charge is 0.281 e. The number of halogens is 2. The van der Waals surface area contributed by atoms with Crippen LogP contribution in [-0.2, 0) is 0 Å².